The second-order valence-electron chi connectivity index (χ2n) is 15.6. The maximum absolute atomic E-state index is 14.2. The smallest absolute Gasteiger partial charge is 0.246 e. The van der Waals surface area contributed by atoms with Crippen LogP contribution < -0.4 is 16.4 Å². The topological polar surface area (TPSA) is 113 Å². The van der Waals surface area contributed by atoms with Gasteiger partial charge < -0.3 is 30.9 Å². The Labute approximate surface area is 284 Å². The number of hydrogen-bond acceptors (Lipinski definition) is 8. The fraction of sp³-hybridized carbons (Fsp3) is 0.649. The molecule has 9 nitrogen and oxygen atoms in total. The Balaban J connectivity index is 1.17. The number of allylic oxidation sites excluding steroid dienone is 1. The summed E-state index contributed by atoms with van der Waals surface area (Å²) in [6, 6.07) is 7.37. The summed E-state index contributed by atoms with van der Waals surface area (Å²) >= 11 is 1.64. The van der Waals surface area contributed by atoms with Gasteiger partial charge in [-0.2, -0.15) is 0 Å². The number of carbonyl (C=O) groups is 2. The van der Waals surface area contributed by atoms with Gasteiger partial charge in [0.1, 0.15) is 12.1 Å². The molecule has 4 heterocycles. The molecule has 3 saturated heterocycles. The first-order valence-corrected chi connectivity index (χ1v) is 18.5. The van der Waals surface area contributed by atoms with E-state index in [4.69, 9.17) is 10.5 Å². The highest BCUT2D eigenvalue weighted by molar-refractivity contribution is 7.13. The molecule has 2 aromatic rings. The van der Waals surface area contributed by atoms with E-state index in [1.807, 2.05) is 23.5 Å². The zero-order valence-corrected chi connectivity index (χ0v) is 29.5. The average Bonchev–Trinajstić information content (AvgIpc) is 3.80. The zero-order valence-electron chi connectivity index (χ0n) is 28.7. The molecule has 2 amide bonds. The molecule has 0 bridgehead atoms. The number of nitrogens with one attached hydrogen (secondary N) is 2. The first-order valence-electron chi connectivity index (χ1n) is 17.7. The van der Waals surface area contributed by atoms with E-state index in [1.165, 1.54) is 24.1 Å². The normalized spacial score (nSPS) is 23.4. The van der Waals surface area contributed by atoms with Crippen LogP contribution in [0.1, 0.15) is 89.4 Å². The van der Waals surface area contributed by atoms with E-state index in [-0.39, 0.29) is 28.7 Å². The number of aryl methyl sites for hydroxylation is 1. The largest absolute Gasteiger partial charge is 0.401 e. The molecule has 4 aliphatic rings. The summed E-state index contributed by atoms with van der Waals surface area (Å²) in [5.41, 5.74) is 12.4. The van der Waals surface area contributed by atoms with Gasteiger partial charge in [0.15, 0.2) is 0 Å². The molecule has 1 aliphatic carbocycles. The molecule has 4 fully saturated rings. The van der Waals surface area contributed by atoms with Gasteiger partial charge in [0.2, 0.25) is 11.8 Å². The highest BCUT2D eigenvalue weighted by Gasteiger charge is 2.45. The van der Waals surface area contributed by atoms with E-state index < -0.39 is 12.1 Å². The van der Waals surface area contributed by atoms with Crippen molar-refractivity contribution in [2.45, 2.75) is 97.2 Å². The summed E-state index contributed by atoms with van der Waals surface area (Å²) in [5.74, 6) is 0.265. The summed E-state index contributed by atoms with van der Waals surface area (Å²) < 4.78 is 5.57. The van der Waals surface area contributed by atoms with Crippen LogP contribution in [0.3, 0.4) is 0 Å². The van der Waals surface area contributed by atoms with Gasteiger partial charge in [-0.3, -0.25) is 9.59 Å². The maximum Gasteiger partial charge on any atom is 0.246 e. The number of nitrogens with two attached hydrogens (primary N) is 1. The van der Waals surface area contributed by atoms with Crippen molar-refractivity contribution in [2.75, 3.05) is 39.4 Å². The van der Waals surface area contributed by atoms with Crippen molar-refractivity contribution < 1.29 is 14.3 Å². The van der Waals surface area contributed by atoms with Gasteiger partial charge in [-0.1, -0.05) is 64.3 Å². The van der Waals surface area contributed by atoms with Crippen molar-refractivity contribution in [1.82, 2.24) is 25.4 Å². The number of carbonyl (C=O) groups excluding carboxylic acids is 2. The lowest BCUT2D eigenvalue weighted by Crippen LogP contribution is -2.56. The van der Waals surface area contributed by atoms with E-state index in [9.17, 15) is 9.59 Å². The molecule has 4 N–H and O–H groups in total. The fourth-order valence-electron chi connectivity index (χ4n) is 7.91. The number of likely N-dealkylation sites (tertiary alicyclic amines) is 2. The lowest BCUT2D eigenvalue weighted by molar-refractivity contribution is -0.142. The van der Waals surface area contributed by atoms with Crippen LogP contribution in [-0.4, -0.2) is 78.1 Å². The summed E-state index contributed by atoms with van der Waals surface area (Å²) in [6.45, 7) is 13.2. The molecule has 3 aliphatic heterocycles. The van der Waals surface area contributed by atoms with E-state index in [1.54, 1.807) is 11.3 Å². The van der Waals surface area contributed by atoms with Gasteiger partial charge >= 0.3 is 0 Å². The first-order chi connectivity index (χ1) is 22.5. The lowest BCUT2D eigenvalue weighted by Gasteiger charge is -2.38. The van der Waals surface area contributed by atoms with Crippen LogP contribution in [0.25, 0.3) is 10.4 Å². The molecule has 256 valence electrons. The Morgan fingerprint density at radius 1 is 1.11 bits per heavy atom. The molecule has 6 rings (SSSR count). The van der Waals surface area contributed by atoms with E-state index >= 15 is 0 Å². The number of nitrogens with zero attached hydrogens (tertiary/aromatic N) is 3. The van der Waals surface area contributed by atoms with E-state index in [0.717, 1.165) is 81.0 Å². The summed E-state index contributed by atoms with van der Waals surface area (Å²) in [7, 11) is 0. The van der Waals surface area contributed by atoms with Gasteiger partial charge in [0.25, 0.3) is 0 Å². The zero-order chi connectivity index (χ0) is 33.2. The van der Waals surface area contributed by atoms with Crippen LogP contribution in [0.2, 0.25) is 0 Å². The number of aromatic nitrogens is 1. The third-order valence-electron chi connectivity index (χ3n) is 10.9. The molecule has 1 spiro atoms. The minimum Gasteiger partial charge on any atom is -0.401 e. The molecule has 1 aromatic heterocycles. The van der Waals surface area contributed by atoms with Crippen molar-refractivity contribution in [1.29, 1.82) is 0 Å². The van der Waals surface area contributed by atoms with E-state index in [2.05, 4.69) is 65.6 Å². The van der Waals surface area contributed by atoms with Gasteiger partial charge in [-0.25, -0.2) is 4.98 Å². The van der Waals surface area contributed by atoms with E-state index in [0.29, 0.717) is 18.9 Å². The second kappa shape index (κ2) is 14.3. The number of ether oxygens (including phenoxy) is 1. The van der Waals surface area contributed by atoms with Crippen LogP contribution in [0.15, 0.2) is 41.7 Å². The van der Waals surface area contributed by atoms with Crippen molar-refractivity contribution in [2.24, 2.45) is 22.5 Å². The average molecular weight is 663 g/mol. The van der Waals surface area contributed by atoms with Gasteiger partial charge in [0.05, 0.1) is 35.3 Å². The van der Waals surface area contributed by atoms with Crippen LogP contribution in [0.4, 0.5) is 0 Å². The molecule has 1 saturated carbocycles. The molecule has 47 heavy (non-hydrogen) atoms. The predicted molar refractivity (Wildman–Crippen MR) is 187 cm³/mol. The number of amides is 2. The molecule has 0 radical (unpaired) electrons. The molecule has 1 aromatic carbocycles. The third-order valence-corrected chi connectivity index (χ3v) is 11.8. The predicted octanol–water partition coefficient (Wildman–Crippen LogP) is 5.37. The Bertz CT molecular complexity index is 1420. The second-order valence-corrected chi connectivity index (χ2v) is 16.4. The van der Waals surface area contributed by atoms with Crippen molar-refractivity contribution >= 4 is 23.2 Å². The highest BCUT2D eigenvalue weighted by atomic mass is 32.1. The molecular weight excluding hydrogens is 609 g/mol. The molecule has 3 atom stereocenters. The van der Waals surface area contributed by atoms with Crippen molar-refractivity contribution in [3.63, 3.8) is 0 Å². The van der Waals surface area contributed by atoms with Crippen molar-refractivity contribution in [3.8, 4) is 10.4 Å². The standard InChI is InChI=1S/C37H54N6O3S/c1-25-32(47-24-40-25)28-14-12-27(13-15-28)30(20-42-18-16-37(21-42)22-46-23-37)41-34(44)31-11-8-17-43(31)35(45)33(36(2,3)4)39-19-29(38)26-9-6-5-7-10-26/h12-15,19,24,26,30-31,33,39H,5-11,16-18,20-23,38H2,1-4H3,(H,41,44)/b29-19-. The minimum atomic E-state index is -0.500. The van der Waals surface area contributed by atoms with Crippen LogP contribution in [0, 0.1) is 23.7 Å². The Kier molecular flexibility index (Phi) is 10.3. The molecule has 10 heteroatoms. The summed E-state index contributed by atoms with van der Waals surface area (Å²) in [6.07, 6.45) is 10.4. The highest BCUT2D eigenvalue weighted by Crippen LogP contribution is 2.38. The fourth-order valence-corrected chi connectivity index (χ4v) is 8.72. The van der Waals surface area contributed by atoms with Crippen LogP contribution >= 0.6 is 11.3 Å². The molecular formula is C37H54N6O3S. The van der Waals surface area contributed by atoms with Crippen LogP contribution in [0.5, 0.6) is 0 Å². The lowest BCUT2D eigenvalue weighted by atomic mass is 9.85. The minimum absolute atomic E-state index is 0.0323. The quantitative estimate of drug-likeness (QED) is 0.314. The molecule has 3 unspecified atom stereocenters. The maximum atomic E-state index is 14.2. The Morgan fingerprint density at radius 3 is 2.47 bits per heavy atom. The third kappa shape index (κ3) is 7.70. The Hall–Kier alpha value is -2.95. The Morgan fingerprint density at radius 2 is 1.85 bits per heavy atom. The SMILES string of the molecule is Cc1ncsc1-c1ccc(C(CN2CCC3(COC3)C2)NC(=O)C2CCCN2C(=O)C(N/C=C(\N)C2CCCCC2)C(C)(C)C)cc1. The number of thiazole rings is 1. The van der Waals surface area contributed by atoms with Crippen LogP contribution in [-0.2, 0) is 14.3 Å². The number of benzene rings is 1. The first kappa shape index (κ1) is 33.9. The summed E-state index contributed by atoms with van der Waals surface area (Å²) in [5, 5.41) is 6.84. The van der Waals surface area contributed by atoms with Gasteiger partial charge in [-0.15, -0.1) is 11.3 Å². The van der Waals surface area contributed by atoms with Gasteiger partial charge in [-0.05, 0) is 68.0 Å². The number of hydrogen-bond donors (Lipinski definition) is 3. The summed E-state index contributed by atoms with van der Waals surface area (Å²) in [4.78, 5) is 38.2. The van der Waals surface area contributed by atoms with Crippen molar-refractivity contribution in [3.05, 3.63) is 52.9 Å². The number of rotatable bonds is 10. The van der Waals surface area contributed by atoms with Gasteiger partial charge in [0, 0.05) is 36.9 Å². The monoisotopic (exact) mass is 662 g/mol.